The van der Waals surface area contributed by atoms with Crippen LogP contribution in [0.15, 0.2) is 21.0 Å². The van der Waals surface area contributed by atoms with Gasteiger partial charge in [0.05, 0.1) is 0 Å². The van der Waals surface area contributed by atoms with E-state index in [0.717, 1.165) is 13.0 Å². The summed E-state index contributed by atoms with van der Waals surface area (Å²) in [6.45, 7) is 1.40. The van der Waals surface area contributed by atoms with Crippen LogP contribution in [-0.4, -0.2) is 36.9 Å². The molecule has 2 N–H and O–H groups in total. The first kappa shape index (κ1) is 15.8. The number of carbonyl (C=O) groups is 1. The van der Waals surface area contributed by atoms with Gasteiger partial charge in [0.2, 0.25) is 5.91 Å². The molecule has 0 spiro atoms. The minimum Gasteiger partial charge on any atom is -0.338 e. The number of nitrogens with one attached hydrogen (secondary N) is 2. The highest BCUT2D eigenvalue weighted by atomic mass is 32.1. The molecule has 0 fully saturated rings. The highest BCUT2D eigenvalue weighted by molar-refractivity contribution is 7.10. The minimum atomic E-state index is -0.508. The van der Waals surface area contributed by atoms with Gasteiger partial charge in [-0.05, 0) is 23.4 Å². The monoisotopic (exact) mass is 359 g/mol. The molecule has 9 heteroatoms. The quantitative estimate of drug-likeness (QED) is 0.712. The summed E-state index contributed by atoms with van der Waals surface area (Å²) in [4.78, 5) is 48.6. The van der Waals surface area contributed by atoms with Crippen molar-refractivity contribution in [2.45, 2.75) is 25.8 Å². The molecule has 0 aliphatic carbocycles. The van der Waals surface area contributed by atoms with E-state index in [-0.39, 0.29) is 11.4 Å². The van der Waals surface area contributed by atoms with E-state index in [0.29, 0.717) is 30.9 Å². The molecule has 0 saturated carbocycles. The van der Waals surface area contributed by atoms with Gasteiger partial charge in [-0.25, -0.2) is 9.78 Å². The van der Waals surface area contributed by atoms with E-state index in [1.165, 1.54) is 15.0 Å². The Labute approximate surface area is 146 Å². The molecule has 4 heterocycles. The van der Waals surface area contributed by atoms with Gasteiger partial charge in [0, 0.05) is 37.9 Å². The summed E-state index contributed by atoms with van der Waals surface area (Å²) in [5.41, 5.74) is 0.785. The number of amides is 1. The lowest BCUT2D eigenvalue weighted by atomic mass is 10.1. The lowest BCUT2D eigenvalue weighted by Crippen LogP contribution is -2.35. The number of imidazole rings is 1. The van der Waals surface area contributed by atoms with Crippen molar-refractivity contribution >= 4 is 28.4 Å². The number of hydrogen-bond donors (Lipinski definition) is 2. The molecule has 0 radical (unpaired) electrons. The molecule has 3 aromatic rings. The van der Waals surface area contributed by atoms with Crippen molar-refractivity contribution in [1.29, 1.82) is 0 Å². The van der Waals surface area contributed by atoms with Gasteiger partial charge < -0.3 is 9.88 Å². The first-order chi connectivity index (χ1) is 12.0. The van der Waals surface area contributed by atoms with Crippen LogP contribution in [0.1, 0.15) is 22.7 Å². The Morgan fingerprint density at radius 2 is 2.20 bits per heavy atom. The zero-order chi connectivity index (χ0) is 17.6. The molecule has 0 saturated heterocycles. The standard InChI is InChI=1S/C16H17N5O3S/c1-20-14-13(15(23)19-16(20)24)17-11(18-14)2-3-12(22)21-6-4-10-9(8-21)5-7-25-10/h5,7H,2-4,6,8H2,1H3,(H,17,18)(H,19,23,24). The van der Waals surface area contributed by atoms with Crippen molar-refractivity contribution in [2.75, 3.05) is 6.54 Å². The summed E-state index contributed by atoms with van der Waals surface area (Å²) in [5, 5.41) is 2.06. The number of fused-ring (bicyclic) bond motifs is 2. The topological polar surface area (TPSA) is 104 Å². The number of aryl methyl sites for hydroxylation is 2. The Balaban J connectivity index is 1.48. The zero-order valence-corrected chi connectivity index (χ0v) is 14.5. The Hall–Kier alpha value is -2.68. The second-order valence-electron chi connectivity index (χ2n) is 6.13. The Bertz CT molecular complexity index is 1070. The Morgan fingerprint density at radius 1 is 1.36 bits per heavy atom. The molecule has 0 bridgehead atoms. The maximum absolute atomic E-state index is 12.5. The van der Waals surface area contributed by atoms with E-state index < -0.39 is 11.2 Å². The van der Waals surface area contributed by atoms with Crippen LogP contribution >= 0.6 is 11.3 Å². The number of carbonyl (C=O) groups excluding carboxylic acids is 1. The zero-order valence-electron chi connectivity index (χ0n) is 13.7. The largest absolute Gasteiger partial charge is 0.338 e. The number of aromatic amines is 2. The van der Waals surface area contributed by atoms with Gasteiger partial charge in [-0.2, -0.15) is 0 Å². The number of aromatic nitrogens is 4. The number of hydrogen-bond acceptors (Lipinski definition) is 5. The predicted molar refractivity (Wildman–Crippen MR) is 93.7 cm³/mol. The van der Waals surface area contributed by atoms with Gasteiger partial charge in [-0.15, -0.1) is 11.3 Å². The molecule has 1 aliphatic rings. The summed E-state index contributed by atoms with van der Waals surface area (Å²) >= 11 is 1.74. The van der Waals surface area contributed by atoms with Crippen LogP contribution in [0.5, 0.6) is 0 Å². The van der Waals surface area contributed by atoms with E-state index in [1.54, 1.807) is 18.4 Å². The third kappa shape index (κ3) is 2.80. The Morgan fingerprint density at radius 3 is 3.04 bits per heavy atom. The highest BCUT2D eigenvalue weighted by Gasteiger charge is 2.21. The van der Waals surface area contributed by atoms with Crippen molar-refractivity contribution in [1.82, 2.24) is 24.4 Å². The van der Waals surface area contributed by atoms with Gasteiger partial charge in [-0.1, -0.05) is 0 Å². The fourth-order valence-corrected chi connectivity index (χ4v) is 4.01. The molecule has 0 unspecified atom stereocenters. The molecule has 8 nitrogen and oxygen atoms in total. The normalized spacial score (nSPS) is 14.0. The summed E-state index contributed by atoms with van der Waals surface area (Å²) in [6.07, 6.45) is 1.61. The van der Waals surface area contributed by atoms with Crippen LogP contribution in [0, 0.1) is 0 Å². The van der Waals surface area contributed by atoms with Crippen molar-refractivity contribution in [2.24, 2.45) is 7.05 Å². The van der Waals surface area contributed by atoms with Crippen LogP contribution in [-0.2, 0) is 31.2 Å². The fraction of sp³-hybridized carbons (Fsp3) is 0.375. The molecular formula is C16H17N5O3S. The molecule has 25 heavy (non-hydrogen) atoms. The third-order valence-corrected chi connectivity index (χ3v) is 5.56. The van der Waals surface area contributed by atoms with Crippen LogP contribution in [0.25, 0.3) is 11.2 Å². The van der Waals surface area contributed by atoms with E-state index in [9.17, 15) is 14.4 Å². The van der Waals surface area contributed by atoms with Crippen molar-refractivity contribution in [3.05, 3.63) is 48.5 Å². The lowest BCUT2D eigenvalue weighted by Gasteiger charge is -2.27. The maximum Gasteiger partial charge on any atom is 0.329 e. The molecule has 0 atom stereocenters. The van der Waals surface area contributed by atoms with E-state index in [2.05, 4.69) is 26.4 Å². The van der Waals surface area contributed by atoms with Crippen LogP contribution in [0.3, 0.4) is 0 Å². The van der Waals surface area contributed by atoms with E-state index in [1.807, 2.05) is 4.90 Å². The number of thiophene rings is 1. The molecule has 0 aromatic carbocycles. The van der Waals surface area contributed by atoms with Gasteiger partial charge >= 0.3 is 5.69 Å². The molecule has 130 valence electrons. The van der Waals surface area contributed by atoms with E-state index in [4.69, 9.17) is 0 Å². The summed E-state index contributed by atoms with van der Waals surface area (Å²) < 4.78 is 1.28. The van der Waals surface area contributed by atoms with Crippen LogP contribution in [0.2, 0.25) is 0 Å². The average Bonchev–Trinajstić information content (AvgIpc) is 3.24. The van der Waals surface area contributed by atoms with Crippen molar-refractivity contribution < 1.29 is 4.79 Å². The highest BCUT2D eigenvalue weighted by Crippen LogP contribution is 2.24. The third-order valence-electron chi connectivity index (χ3n) is 4.54. The average molecular weight is 359 g/mol. The number of H-pyrrole nitrogens is 2. The van der Waals surface area contributed by atoms with Gasteiger partial charge in [0.15, 0.2) is 5.65 Å². The molecule has 4 rings (SSSR count). The van der Waals surface area contributed by atoms with E-state index >= 15 is 0 Å². The smallest absolute Gasteiger partial charge is 0.329 e. The SMILES string of the molecule is Cn1c(=O)[nH]c(=O)c2[nH]c(CCC(=O)N3CCc4sccc4C3)nc21. The first-order valence-electron chi connectivity index (χ1n) is 8.04. The molecular weight excluding hydrogens is 342 g/mol. The molecule has 1 aliphatic heterocycles. The number of nitrogens with zero attached hydrogens (tertiary/aromatic N) is 3. The van der Waals surface area contributed by atoms with Crippen molar-refractivity contribution in [3.63, 3.8) is 0 Å². The first-order valence-corrected chi connectivity index (χ1v) is 8.92. The molecule has 1 amide bonds. The summed E-state index contributed by atoms with van der Waals surface area (Å²) in [6, 6.07) is 2.07. The van der Waals surface area contributed by atoms with Crippen molar-refractivity contribution in [3.8, 4) is 0 Å². The fourth-order valence-electron chi connectivity index (χ4n) is 3.12. The second kappa shape index (κ2) is 5.99. The van der Waals surface area contributed by atoms with Gasteiger partial charge in [0.25, 0.3) is 5.56 Å². The Kier molecular flexibility index (Phi) is 3.79. The summed E-state index contributed by atoms with van der Waals surface area (Å²) in [5.74, 6) is 0.600. The predicted octanol–water partition coefficient (Wildman–Crippen LogP) is 0.529. The maximum atomic E-state index is 12.5. The minimum absolute atomic E-state index is 0.0695. The van der Waals surface area contributed by atoms with Gasteiger partial charge in [-0.3, -0.25) is 19.1 Å². The number of rotatable bonds is 3. The lowest BCUT2D eigenvalue weighted by molar-refractivity contribution is -0.132. The van der Waals surface area contributed by atoms with Crippen LogP contribution < -0.4 is 11.2 Å². The van der Waals surface area contributed by atoms with Gasteiger partial charge in [0.1, 0.15) is 11.3 Å². The summed E-state index contributed by atoms with van der Waals surface area (Å²) in [7, 11) is 1.54. The second-order valence-corrected chi connectivity index (χ2v) is 7.14. The molecule has 3 aromatic heterocycles. The van der Waals surface area contributed by atoms with Crippen LogP contribution in [0.4, 0.5) is 0 Å².